The Bertz CT molecular complexity index is 2300. The van der Waals surface area contributed by atoms with Crippen molar-refractivity contribution in [1.29, 1.82) is 0 Å². The number of benzene rings is 6. The van der Waals surface area contributed by atoms with E-state index in [1.54, 1.807) is 0 Å². The largest absolute Gasteiger partial charge is 0.309 e. The summed E-state index contributed by atoms with van der Waals surface area (Å²) in [5.41, 5.74) is 16.1. The van der Waals surface area contributed by atoms with Gasteiger partial charge in [-0.05, 0) is 75.3 Å². The van der Waals surface area contributed by atoms with Gasteiger partial charge in [0.1, 0.15) is 0 Å². The van der Waals surface area contributed by atoms with Crippen LogP contribution in [0.5, 0.6) is 0 Å². The van der Waals surface area contributed by atoms with Crippen LogP contribution in [0.4, 0.5) is 5.69 Å². The Morgan fingerprint density at radius 1 is 0.558 bits per heavy atom. The summed E-state index contributed by atoms with van der Waals surface area (Å²) >= 11 is 0. The fraction of sp³-hybridized carbons (Fsp3) is 0.0976. The zero-order chi connectivity index (χ0) is 28.7. The number of aliphatic imine (C=N–C) groups is 1. The average molecular weight is 551 g/mol. The first-order chi connectivity index (χ1) is 21.1. The number of hydrogen-bond acceptors (Lipinski definition) is 1. The molecule has 0 spiro atoms. The van der Waals surface area contributed by atoms with Crippen LogP contribution in [0.3, 0.4) is 0 Å². The Hall–Kier alpha value is -5.21. The Morgan fingerprint density at radius 3 is 2.21 bits per heavy atom. The fourth-order valence-corrected chi connectivity index (χ4v) is 7.53. The van der Waals surface area contributed by atoms with Crippen LogP contribution >= 0.6 is 0 Å². The van der Waals surface area contributed by atoms with E-state index in [1.165, 1.54) is 60.8 Å². The molecule has 204 valence electrons. The van der Waals surface area contributed by atoms with Crippen LogP contribution in [-0.2, 0) is 11.8 Å². The quantitative estimate of drug-likeness (QED) is 0.204. The molecule has 0 N–H and O–H groups in total. The minimum absolute atomic E-state index is 0.0564. The number of hydrogen-bond donors (Lipinski definition) is 0. The maximum absolute atomic E-state index is 5.27. The van der Waals surface area contributed by atoms with Gasteiger partial charge in [0.2, 0.25) is 0 Å². The molecule has 2 nitrogen and oxygen atoms in total. The van der Waals surface area contributed by atoms with Gasteiger partial charge in [0.05, 0.1) is 22.4 Å². The van der Waals surface area contributed by atoms with E-state index in [0.29, 0.717) is 0 Å². The lowest BCUT2D eigenvalue weighted by molar-refractivity contribution is 0.661. The van der Waals surface area contributed by atoms with E-state index < -0.39 is 0 Å². The van der Waals surface area contributed by atoms with E-state index in [0.717, 1.165) is 29.1 Å². The van der Waals surface area contributed by atoms with Gasteiger partial charge in [-0.15, -0.1) is 0 Å². The van der Waals surface area contributed by atoms with E-state index in [2.05, 4.69) is 152 Å². The second kappa shape index (κ2) is 8.89. The van der Waals surface area contributed by atoms with Crippen molar-refractivity contribution in [2.75, 3.05) is 0 Å². The molecule has 43 heavy (non-hydrogen) atoms. The molecule has 0 unspecified atom stereocenters. The first-order valence-corrected chi connectivity index (χ1v) is 15.1. The lowest BCUT2D eigenvalue weighted by Crippen LogP contribution is -2.15. The van der Waals surface area contributed by atoms with E-state index in [1.807, 2.05) is 0 Å². The lowest BCUT2D eigenvalue weighted by atomic mass is 9.82. The number of fused-ring (bicyclic) bond motifs is 9. The van der Waals surface area contributed by atoms with E-state index in [-0.39, 0.29) is 5.41 Å². The highest BCUT2D eigenvalue weighted by molar-refractivity contribution is 6.12. The zero-order valence-electron chi connectivity index (χ0n) is 24.3. The molecule has 0 bridgehead atoms. The Morgan fingerprint density at radius 2 is 1.30 bits per heavy atom. The predicted molar refractivity (Wildman–Crippen MR) is 180 cm³/mol. The second-order valence-corrected chi connectivity index (χ2v) is 12.4. The first kappa shape index (κ1) is 24.4. The minimum atomic E-state index is -0.0564. The highest BCUT2D eigenvalue weighted by Gasteiger charge is 2.36. The van der Waals surface area contributed by atoms with Gasteiger partial charge in [-0.1, -0.05) is 111 Å². The minimum Gasteiger partial charge on any atom is -0.309 e. The third kappa shape index (κ3) is 3.50. The van der Waals surface area contributed by atoms with Crippen molar-refractivity contribution in [1.82, 2.24) is 4.57 Å². The third-order valence-electron chi connectivity index (χ3n) is 9.64. The number of aromatic nitrogens is 1. The molecule has 0 amide bonds. The van der Waals surface area contributed by atoms with Gasteiger partial charge in [0, 0.05) is 33.9 Å². The van der Waals surface area contributed by atoms with E-state index in [9.17, 15) is 0 Å². The molecule has 2 aliphatic rings. The topological polar surface area (TPSA) is 17.3 Å². The Kier molecular flexibility index (Phi) is 5.05. The molecule has 1 aliphatic heterocycles. The maximum Gasteiger partial charge on any atom is 0.0711 e. The molecular weight excluding hydrogens is 520 g/mol. The molecular formula is C41H30N2. The van der Waals surface area contributed by atoms with Crippen molar-refractivity contribution in [3.63, 3.8) is 0 Å². The molecule has 2 heterocycles. The van der Waals surface area contributed by atoms with Crippen molar-refractivity contribution < 1.29 is 0 Å². The SMILES string of the molecule is CC1(C)c2ccccc2-c2cc3c4ccccc4n(-c4cccc(C5=Nc6ccccc6-c6ccccc6C5)c4)c3cc21. The fourth-order valence-electron chi connectivity index (χ4n) is 7.53. The number of rotatable bonds is 2. The Balaban J connectivity index is 1.26. The summed E-state index contributed by atoms with van der Waals surface area (Å²) in [6.07, 6.45) is 0.793. The van der Waals surface area contributed by atoms with Crippen molar-refractivity contribution in [3.8, 4) is 27.9 Å². The molecule has 7 aromatic rings. The van der Waals surface area contributed by atoms with Crippen LogP contribution in [0.2, 0.25) is 0 Å². The van der Waals surface area contributed by atoms with Gasteiger partial charge in [-0.3, -0.25) is 4.99 Å². The van der Waals surface area contributed by atoms with Crippen LogP contribution in [0, 0.1) is 0 Å². The molecule has 1 aliphatic carbocycles. The van der Waals surface area contributed by atoms with E-state index in [4.69, 9.17) is 4.99 Å². The van der Waals surface area contributed by atoms with Gasteiger partial charge in [0.15, 0.2) is 0 Å². The van der Waals surface area contributed by atoms with E-state index >= 15 is 0 Å². The molecule has 0 radical (unpaired) electrons. The summed E-state index contributed by atoms with van der Waals surface area (Å²) in [6, 6.07) is 48.8. The Labute approximate surface area is 251 Å². The monoisotopic (exact) mass is 550 g/mol. The van der Waals surface area contributed by atoms with Crippen molar-refractivity contribution >= 4 is 33.2 Å². The summed E-state index contributed by atoms with van der Waals surface area (Å²) in [5, 5.41) is 2.57. The summed E-state index contributed by atoms with van der Waals surface area (Å²) in [6.45, 7) is 4.72. The highest BCUT2D eigenvalue weighted by atomic mass is 15.0. The second-order valence-electron chi connectivity index (χ2n) is 12.4. The van der Waals surface area contributed by atoms with Crippen molar-refractivity contribution in [2.45, 2.75) is 25.7 Å². The van der Waals surface area contributed by atoms with Crippen molar-refractivity contribution in [2.24, 2.45) is 4.99 Å². The third-order valence-corrected chi connectivity index (χ3v) is 9.64. The zero-order valence-corrected chi connectivity index (χ0v) is 24.3. The van der Waals surface area contributed by atoms with Gasteiger partial charge in [-0.25, -0.2) is 0 Å². The molecule has 1 aromatic heterocycles. The van der Waals surface area contributed by atoms with Crippen LogP contribution in [0.15, 0.2) is 138 Å². The summed E-state index contributed by atoms with van der Waals surface area (Å²) < 4.78 is 2.45. The van der Waals surface area contributed by atoms with Gasteiger partial charge in [0.25, 0.3) is 0 Å². The first-order valence-electron chi connectivity index (χ1n) is 15.1. The van der Waals surface area contributed by atoms with Gasteiger partial charge < -0.3 is 4.57 Å². The molecule has 9 rings (SSSR count). The molecule has 6 aromatic carbocycles. The lowest BCUT2D eigenvalue weighted by Gasteiger charge is -2.21. The van der Waals surface area contributed by atoms with Gasteiger partial charge >= 0.3 is 0 Å². The maximum atomic E-state index is 5.27. The standard InChI is InChI=1S/C41H30N2/c1-41(2)35-19-8-5-16-30(35)33-24-34-32-18-7-10-21-39(32)43(40(34)25-36(33)41)28-14-11-13-27(22-28)38-23-26-12-3-4-15-29(26)31-17-6-9-20-37(31)42-38/h3-22,24-25H,23H2,1-2H3. The highest BCUT2D eigenvalue weighted by Crippen LogP contribution is 2.51. The molecule has 2 heteroatoms. The van der Waals surface area contributed by atoms with Gasteiger partial charge in [-0.2, -0.15) is 0 Å². The van der Waals surface area contributed by atoms with Crippen molar-refractivity contribution in [3.05, 3.63) is 156 Å². The summed E-state index contributed by atoms with van der Waals surface area (Å²) in [5.74, 6) is 0. The summed E-state index contributed by atoms with van der Waals surface area (Å²) in [7, 11) is 0. The summed E-state index contributed by atoms with van der Waals surface area (Å²) in [4.78, 5) is 5.27. The molecule has 0 saturated heterocycles. The number of para-hydroxylation sites is 2. The average Bonchev–Trinajstić information content (AvgIpc) is 3.40. The van der Waals surface area contributed by atoms with Crippen LogP contribution in [0.1, 0.15) is 36.1 Å². The molecule has 0 fully saturated rings. The smallest absolute Gasteiger partial charge is 0.0711 e. The molecule has 0 atom stereocenters. The normalized spacial score (nSPS) is 14.5. The van der Waals surface area contributed by atoms with Crippen LogP contribution in [-0.4, -0.2) is 10.3 Å². The molecule has 0 saturated carbocycles. The van der Waals surface area contributed by atoms with Crippen LogP contribution in [0.25, 0.3) is 49.7 Å². The number of nitrogens with zero attached hydrogens (tertiary/aromatic N) is 2. The predicted octanol–water partition coefficient (Wildman–Crippen LogP) is 10.4. The van der Waals surface area contributed by atoms with Crippen LogP contribution < -0.4 is 0 Å².